The van der Waals surface area contributed by atoms with Crippen molar-refractivity contribution in [1.82, 2.24) is 9.36 Å². The van der Waals surface area contributed by atoms with Crippen LogP contribution in [0.4, 0.5) is 5.13 Å². The summed E-state index contributed by atoms with van der Waals surface area (Å²) < 4.78 is 4.52. The number of rotatable bonds is 5. The molecule has 2 N–H and O–H groups in total. The molecule has 0 aromatic carbocycles. The van der Waals surface area contributed by atoms with E-state index >= 15 is 0 Å². The number of hydrogen-bond acceptors (Lipinski definition) is 5. The fraction of sp³-hybridized carbons (Fsp3) is 0.846. The molecule has 0 unspecified atom stereocenters. The summed E-state index contributed by atoms with van der Waals surface area (Å²) in [4.78, 5) is 7.16. The van der Waals surface area contributed by atoms with Crippen LogP contribution in [0.2, 0.25) is 0 Å². The number of hydrogen-bond donors (Lipinski definition) is 1. The van der Waals surface area contributed by atoms with Crippen LogP contribution in [0.5, 0.6) is 0 Å². The van der Waals surface area contributed by atoms with Crippen LogP contribution in [0.25, 0.3) is 0 Å². The Bertz CT molecular complexity index is 382. The van der Waals surface area contributed by atoms with E-state index in [1.165, 1.54) is 44.9 Å². The summed E-state index contributed by atoms with van der Waals surface area (Å²) in [5.74, 6) is 1.73. The first-order chi connectivity index (χ1) is 8.88. The van der Waals surface area contributed by atoms with Gasteiger partial charge in [0.05, 0.1) is 0 Å². The Morgan fingerprint density at radius 3 is 2.61 bits per heavy atom. The standard InChI is InChI=1S/C13H22N4S/c14-8-9-17(11-4-2-1-3-5-11)13-15-12(16-18-13)10-6-7-10/h10-11H,1-9,14H2. The van der Waals surface area contributed by atoms with Crippen molar-refractivity contribution in [1.29, 1.82) is 0 Å². The van der Waals surface area contributed by atoms with Gasteiger partial charge in [0.15, 0.2) is 0 Å². The Balaban J connectivity index is 1.73. The van der Waals surface area contributed by atoms with Gasteiger partial charge in [0.1, 0.15) is 5.82 Å². The summed E-state index contributed by atoms with van der Waals surface area (Å²) in [6.45, 7) is 1.62. The minimum atomic E-state index is 0.641. The molecule has 1 heterocycles. The van der Waals surface area contributed by atoms with Gasteiger partial charge in [-0.05, 0) is 25.7 Å². The highest BCUT2D eigenvalue weighted by Gasteiger charge is 2.30. The van der Waals surface area contributed by atoms with E-state index < -0.39 is 0 Å². The number of aromatic nitrogens is 2. The van der Waals surface area contributed by atoms with Crippen LogP contribution in [-0.2, 0) is 0 Å². The molecule has 1 aromatic rings. The van der Waals surface area contributed by atoms with Crippen LogP contribution in [-0.4, -0.2) is 28.5 Å². The van der Waals surface area contributed by atoms with Crippen molar-refractivity contribution >= 4 is 16.7 Å². The van der Waals surface area contributed by atoms with E-state index in [2.05, 4.69) is 9.27 Å². The largest absolute Gasteiger partial charge is 0.343 e. The Labute approximate surface area is 113 Å². The summed E-state index contributed by atoms with van der Waals surface area (Å²) in [6, 6.07) is 0.641. The minimum Gasteiger partial charge on any atom is -0.343 e. The first kappa shape index (κ1) is 12.4. The maximum atomic E-state index is 5.77. The summed E-state index contributed by atoms with van der Waals surface area (Å²) in [6.07, 6.45) is 9.21. The summed E-state index contributed by atoms with van der Waals surface area (Å²) in [5, 5.41) is 1.11. The highest BCUT2D eigenvalue weighted by molar-refractivity contribution is 7.09. The SMILES string of the molecule is NCCN(c1nc(C2CC2)ns1)C1CCCCC1. The molecule has 18 heavy (non-hydrogen) atoms. The van der Waals surface area contributed by atoms with Crippen molar-refractivity contribution in [3.63, 3.8) is 0 Å². The predicted molar refractivity (Wildman–Crippen MR) is 75.2 cm³/mol. The molecule has 100 valence electrons. The second-order valence-corrected chi connectivity index (χ2v) is 6.21. The van der Waals surface area contributed by atoms with Gasteiger partial charge in [0.25, 0.3) is 0 Å². The van der Waals surface area contributed by atoms with Crippen molar-refractivity contribution in [2.45, 2.75) is 56.9 Å². The van der Waals surface area contributed by atoms with Gasteiger partial charge >= 0.3 is 0 Å². The maximum Gasteiger partial charge on any atom is 0.205 e. The lowest BCUT2D eigenvalue weighted by molar-refractivity contribution is 0.415. The van der Waals surface area contributed by atoms with Gasteiger partial charge in [0, 0.05) is 36.6 Å². The van der Waals surface area contributed by atoms with Crippen molar-refractivity contribution < 1.29 is 0 Å². The van der Waals surface area contributed by atoms with Gasteiger partial charge in [-0.3, -0.25) is 0 Å². The number of nitrogens with zero attached hydrogens (tertiary/aromatic N) is 3. The van der Waals surface area contributed by atoms with E-state index in [1.54, 1.807) is 11.5 Å². The van der Waals surface area contributed by atoms with Crippen molar-refractivity contribution in [2.75, 3.05) is 18.0 Å². The molecule has 5 heteroatoms. The van der Waals surface area contributed by atoms with E-state index in [1.807, 2.05) is 0 Å². The molecule has 0 aliphatic heterocycles. The van der Waals surface area contributed by atoms with Crippen LogP contribution in [0.15, 0.2) is 0 Å². The predicted octanol–water partition coefficient (Wildman–Crippen LogP) is 2.51. The Hall–Kier alpha value is -0.680. The molecule has 0 spiro atoms. The molecule has 0 radical (unpaired) electrons. The monoisotopic (exact) mass is 266 g/mol. The van der Waals surface area contributed by atoms with E-state index in [0.717, 1.165) is 17.5 Å². The molecule has 2 fully saturated rings. The molecule has 0 atom stereocenters. The lowest BCUT2D eigenvalue weighted by Gasteiger charge is -2.33. The third kappa shape index (κ3) is 2.67. The van der Waals surface area contributed by atoms with Crippen molar-refractivity contribution in [2.24, 2.45) is 5.73 Å². The number of anilines is 1. The first-order valence-corrected chi connectivity index (χ1v) is 7.96. The molecule has 1 aromatic heterocycles. The molecule has 2 aliphatic carbocycles. The third-order valence-corrected chi connectivity index (χ3v) is 4.77. The number of nitrogens with two attached hydrogens (primary N) is 1. The average Bonchev–Trinajstić information content (AvgIpc) is 3.16. The molecule has 2 saturated carbocycles. The van der Waals surface area contributed by atoms with E-state index in [9.17, 15) is 0 Å². The Morgan fingerprint density at radius 1 is 1.17 bits per heavy atom. The van der Waals surface area contributed by atoms with Gasteiger partial charge in [-0.2, -0.15) is 4.37 Å². The summed E-state index contributed by atoms with van der Waals surface area (Å²) in [5.41, 5.74) is 5.77. The lowest BCUT2D eigenvalue weighted by atomic mass is 9.94. The summed E-state index contributed by atoms with van der Waals surface area (Å²) >= 11 is 1.57. The van der Waals surface area contributed by atoms with E-state index in [4.69, 9.17) is 10.7 Å². The van der Waals surface area contributed by atoms with Crippen LogP contribution in [0.3, 0.4) is 0 Å². The van der Waals surface area contributed by atoms with Gasteiger partial charge in [0.2, 0.25) is 5.13 Å². The topological polar surface area (TPSA) is 55.0 Å². The zero-order chi connectivity index (χ0) is 12.4. The molecular weight excluding hydrogens is 244 g/mol. The lowest BCUT2D eigenvalue weighted by Crippen LogP contribution is -2.40. The minimum absolute atomic E-state index is 0.641. The van der Waals surface area contributed by atoms with Crippen molar-refractivity contribution in [3.05, 3.63) is 5.82 Å². The third-order valence-electron chi connectivity index (χ3n) is 4.00. The fourth-order valence-electron chi connectivity index (χ4n) is 2.82. The molecule has 0 bridgehead atoms. The molecule has 0 amide bonds. The van der Waals surface area contributed by atoms with Gasteiger partial charge in [-0.1, -0.05) is 19.3 Å². The Kier molecular flexibility index (Phi) is 3.80. The molecule has 3 rings (SSSR count). The zero-order valence-electron chi connectivity index (χ0n) is 10.8. The van der Waals surface area contributed by atoms with Crippen LogP contribution < -0.4 is 10.6 Å². The van der Waals surface area contributed by atoms with Gasteiger partial charge in [-0.25, -0.2) is 4.98 Å². The normalized spacial score (nSPS) is 21.2. The quantitative estimate of drug-likeness (QED) is 0.889. The van der Waals surface area contributed by atoms with E-state index in [0.29, 0.717) is 18.5 Å². The van der Waals surface area contributed by atoms with Crippen LogP contribution in [0.1, 0.15) is 56.7 Å². The highest BCUT2D eigenvalue weighted by atomic mass is 32.1. The second-order valence-electron chi connectivity index (χ2n) is 5.48. The summed E-state index contributed by atoms with van der Waals surface area (Å²) in [7, 11) is 0. The fourth-order valence-corrected chi connectivity index (χ4v) is 3.66. The second kappa shape index (κ2) is 5.53. The van der Waals surface area contributed by atoms with Crippen molar-refractivity contribution in [3.8, 4) is 0 Å². The van der Waals surface area contributed by atoms with E-state index in [-0.39, 0.29) is 0 Å². The zero-order valence-corrected chi connectivity index (χ0v) is 11.7. The maximum absolute atomic E-state index is 5.77. The van der Waals surface area contributed by atoms with Gasteiger partial charge < -0.3 is 10.6 Å². The Morgan fingerprint density at radius 2 is 1.94 bits per heavy atom. The van der Waals surface area contributed by atoms with Crippen LogP contribution in [0, 0.1) is 0 Å². The average molecular weight is 266 g/mol. The smallest absolute Gasteiger partial charge is 0.205 e. The molecular formula is C13H22N4S. The molecule has 2 aliphatic rings. The molecule has 4 nitrogen and oxygen atoms in total. The highest BCUT2D eigenvalue weighted by Crippen LogP contribution is 2.40. The molecule has 0 saturated heterocycles. The first-order valence-electron chi connectivity index (χ1n) is 7.19. The van der Waals surface area contributed by atoms with Crippen LogP contribution >= 0.6 is 11.5 Å². The van der Waals surface area contributed by atoms with Gasteiger partial charge in [-0.15, -0.1) is 0 Å².